The molecule has 5 nitrogen and oxygen atoms in total. The third kappa shape index (κ3) is 5.03. The van der Waals surface area contributed by atoms with E-state index in [-0.39, 0.29) is 31.1 Å². The molecule has 0 aliphatic rings. The largest absolute Gasteiger partial charge is 0.490 e. The van der Waals surface area contributed by atoms with Crippen LogP contribution >= 0.6 is 0 Å². The molecule has 0 atom stereocenters. The highest BCUT2D eigenvalue weighted by Crippen LogP contribution is 2.27. The monoisotopic (exact) mass is 353 g/mol. The van der Waals surface area contributed by atoms with Crippen molar-refractivity contribution in [1.82, 2.24) is 4.90 Å². The van der Waals surface area contributed by atoms with Gasteiger partial charge in [-0.1, -0.05) is 36.4 Å². The van der Waals surface area contributed by atoms with Crippen LogP contribution in [-0.4, -0.2) is 30.1 Å². The summed E-state index contributed by atoms with van der Waals surface area (Å²) in [4.78, 5) is 12.3. The summed E-state index contributed by atoms with van der Waals surface area (Å²) in [7, 11) is 0. The number of alkyl halides is 3. The van der Waals surface area contributed by atoms with E-state index in [0.717, 1.165) is 0 Å². The van der Waals surface area contributed by atoms with Crippen molar-refractivity contribution in [3.8, 4) is 5.75 Å². The standard InChI is InChI=1S/C17H18F3N3O2/c18-17(19,20)16(24)23(11-12-5-2-1-3-6-12)9-10-25-14-8-4-7-13(21)15(14)22/h1-8H,9-11,21-22H2. The van der Waals surface area contributed by atoms with E-state index < -0.39 is 12.1 Å². The smallest absolute Gasteiger partial charge is 0.471 e. The Kier molecular flexibility index (Phi) is 5.74. The second-order valence-electron chi connectivity index (χ2n) is 5.32. The Labute approximate surface area is 143 Å². The maximum atomic E-state index is 12.8. The van der Waals surface area contributed by atoms with Crippen molar-refractivity contribution in [3.63, 3.8) is 0 Å². The first kappa shape index (κ1) is 18.4. The SMILES string of the molecule is Nc1cccc(OCCN(Cc2ccccc2)C(=O)C(F)(F)F)c1N. The van der Waals surface area contributed by atoms with Crippen LogP contribution in [0, 0.1) is 0 Å². The Bertz CT molecular complexity index is 721. The van der Waals surface area contributed by atoms with Crippen LogP contribution in [0.15, 0.2) is 48.5 Å². The van der Waals surface area contributed by atoms with Gasteiger partial charge in [-0.15, -0.1) is 0 Å². The van der Waals surface area contributed by atoms with Crippen LogP contribution < -0.4 is 16.2 Å². The average molecular weight is 353 g/mol. The fourth-order valence-corrected chi connectivity index (χ4v) is 2.19. The molecule has 0 fully saturated rings. The summed E-state index contributed by atoms with van der Waals surface area (Å²) < 4.78 is 43.8. The van der Waals surface area contributed by atoms with Gasteiger partial charge in [0.15, 0.2) is 0 Å². The zero-order chi connectivity index (χ0) is 18.4. The predicted octanol–water partition coefficient (Wildman–Crippen LogP) is 2.82. The second-order valence-corrected chi connectivity index (χ2v) is 5.32. The van der Waals surface area contributed by atoms with Crippen LogP contribution in [-0.2, 0) is 11.3 Å². The molecule has 0 saturated carbocycles. The predicted molar refractivity (Wildman–Crippen MR) is 88.7 cm³/mol. The Balaban J connectivity index is 2.05. The van der Waals surface area contributed by atoms with Gasteiger partial charge >= 0.3 is 12.1 Å². The molecule has 0 aromatic heterocycles. The van der Waals surface area contributed by atoms with E-state index in [1.54, 1.807) is 48.5 Å². The number of benzene rings is 2. The Hall–Kier alpha value is -2.90. The number of anilines is 2. The van der Waals surface area contributed by atoms with Gasteiger partial charge in [-0.2, -0.15) is 13.2 Å². The summed E-state index contributed by atoms with van der Waals surface area (Å²) in [6.45, 7) is -0.571. The molecule has 0 aliphatic heterocycles. The summed E-state index contributed by atoms with van der Waals surface area (Å²) in [6, 6.07) is 13.2. The van der Waals surface area contributed by atoms with E-state index in [9.17, 15) is 18.0 Å². The lowest BCUT2D eigenvalue weighted by Gasteiger charge is -2.24. The molecule has 2 aromatic rings. The Morgan fingerprint density at radius 3 is 2.36 bits per heavy atom. The van der Waals surface area contributed by atoms with Crippen molar-refractivity contribution >= 4 is 17.3 Å². The second kappa shape index (κ2) is 7.78. The molecule has 0 saturated heterocycles. The molecule has 0 aliphatic carbocycles. The Morgan fingerprint density at radius 1 is 1.04 bits per heavy atom. The summed E-state index contributed by atoms with van der Waals surface area (Å²) in [5.41, 5.74) is 12.5. The minimum Gasteiger partial charge on any atom is -0.490 e. The summed E-state index contributed by atoms with van der Waals surface area (Å²) in [5, 5.41) is 0. The van der Waals surface area contributed by atoms with Crippen molar-refractivity contribution in [2.75, 3.05) is 24.6 Å². The topological polar surface area (TPSA) is 81.6 Å². The van der Waals surface area contributed by atoms with Crippen molar-refractivity contribution in [2.45, 2.75) is 12.7 Å². The molecule has 8 heteroatoms. The van der Waals surface area contributed by atoms with Gasteiger partial charge in [0.05, 0.1) is 17.9 Å². The molecule has 0 radical (unpaired) electrons. The number of halogens is 3. The minimum atomic E-state index is -4.95. The van der Waals surface area contributed by atoms with Crippen molar-refractivity contribution in [1.29, 1.82) is 0 Å². The van der Waals surface area contributed by atoms with Crippen molar-refractivity contribution < 1.29 is 22.7 Å². The van der Waals surface area contributed by atoms with Gasteiger partial charge in [0, 0.05) is 6.54 Å². The van der Waals surface area contributed by atoms with Gasteiger partial charge in [-0.3, -0.25) is 4.79 Å². The third-order valence-corrected chi connectivity index (χ3v) is 3.46. The maximum Gasteiger partial charge on any atom is 0.471 e. The number of hydrogen-bond acceptors (Lipinski definition) is 4. The number of amides is 1. The van der Waals surface area contributed by atoms with Gasteiger partial charge in [0.1, 0.15) is 12.4 Å². The first-order valence-electron chi connectivity index (χ1n) is 7.46. The molecule has 25 heavy (non-hydrogen) atoms. The molecule has 2 rings (SSSR count). The zero-order valence-corrected chi connectivity index (χ0v) is 13.3. The molecule has 1 amide bonds. The third-order valence-electron chi connectivity index (χ3n) is 3.46. The number of nitrogen functional groups attached to an aromatic ring is 2. The fraction of sp³-hybridized carbons (Fsp3) is 0.235. The fourth-order valence-electron chi connectivity index (χ4n) is 2.19. The number of nitrogens with two attached hydrogens (primary N) is 2. The number of hydrogen-bond donors (Lipinski definition) is 2. The normalized spacial score (nSPS) is 11.2. The molecule has 134 valence electrons. The minimum absolute atomic E-state index is 0.150. The van der Waals surface area contributed by atoms with E-state index in [1.807, 2.05) is 0 Å². The van der Waals surface area contributed by atoms with Crippen LogP contribution in [0.25, 0.3) is 0 Å². The van der Waals surface area contributed by atoms with Gasteiger partial charge in [0.2, 0.25) is 0 Å². The quantitative estimate of drug-likeness (QED) is 0.783. The van der Waals surface area contributed by atoms with Crippen LogP contribution in [0.2, 0.25) is 0 Å². The molecule has 2 aromatic carbocycles. The Morgan fingerprint density at radius 2 is 1.72 bits per heavy atom. The van der Waals surface area contributed by atoms with Crippen molar-refractivity contribution in [3.05, 3.63) is 54.1 Å². The van der Waals surface area contributed by atoms with E-state index in [0.29, 0.717) is 16.2 Å². The molecule has 0 heterocycles. The van der Waals surface area contributed by atoms with Gasteiger partial charge in [0.25, 0.3) is 0 Å². The number of nitrogens with zero attached hydrogens (tertiary/aromatic N) is 1. The van der Waals surface area contributed by atoms with E-state index in [4.69, 9.17) is 16.2 Å². The van der Waals surface area contributed by atoms with Crippen LogP contribution in [0.5, 0.6) is 5.75 Å². The number of para-hydroxylation sites is 1. The maximum absolute atomic E-state index is 12.8. The number of ether oxygens (including phenoxy) is 1. The number of rotatable bonds is 6. The van der Waals surface area contributed by atoms with Gasteiger partial charge in [-0.25, -0.2) is 0 Å². The average Bonchev–Trinajstić information content (AvgIpc) is 2.57. The molecule has 4 N–H and O–H groups in total. The van der Waals surface area contributed by atoms with E-state index in [2.05, 4.69) is 0 Å². The van der Waals surface area contributed by atoms with Crippen LogP contribution in [0.1, 0.15) is 5.56 Å². The van der Waals surface area contributed by atoms with Crippen LogP contribution in [0.3, 0.4) is 0 Å². The zero-order valence-electron chi connectivity index (χ0n) is 13.3. The summed E-state index contributed by atoms with van der Waals surface area (Å²) in [6.07, 6.45) is -4.95. The highest BCUT2D eigenvalue weighted by Gasteiger charge is 2.42. The highest BCUT2D eigenvalue weighted by molar-refractivity contribution is 5.81. The van der Waals surface area contributed by atoms with Crippen LogP contribution in [0.4, 0.5) is 24.5 Å². The summed E-state index contributed by atoms with van der Waals surface area (Å²) >= 11 is 0. The van der Waals surface area contributed by atoms with Gasteiger partial charge in [-0.05, 0) is 17.7 Å². The molecular weight excluding hydrogens is 335 g/mol. The van der Waals surface area contributed by atoms with Crippen molar-refractivity contribution in [2.24, 2.45) is 0 Å². The van der Waals surface area contributed by atoms with E-state index in [1.165, 1.54) is 0 Å². The van der Waals surface area contributed by atoms with Gasteiger partial charge < -0.3 is 21.1 Å². The number of carbonyl (C=O) groups excluding carboxylic acids is 1. The van der Waals surface area contributed by atoms with E-state index >= 15 is 0 Å². The lowest BCUT2D eigenvalue weighted by atomic mass is 10.2. The molecule has 0 unspecified atom stereocenters. The molecule has 0 spiro atoms. The lowest BCUT2D eigenvalue weighted by molar-refractivity contribution is -0.186. The first-order chi connectivity index (χ1) is 11.8. The first-order valence-corrected chi connectivity index (χ1v) is 7.46. The lowest BCUT2D eigenvalue weighted by Crippen LogP contribution is -2.42. The highest BCUT2D eigenvalue weighted by atomic mass is 19.4. The molecular formula is C17H18F3N3O2. The molecule has 0 bridgehead atoms. The summed E-state index contributed by atoms with van der Waals surface area (Å²) in [5.74, 6) is -1.65. The number of carbonyl (C=O) groups is 1.